The minimum absolute atomic E-state index is 0.0106. The van der Waals surface area contributed by atoms with Crippen molar-refractivity contribution in [1.29, 1.82) is 0 Å². The van der Waals surface area contributed by atoms with E-state index in [4.69, 9.17) is 4.74 Å². The second-order valence-corrected chi connectivity index (χ2v) is 8.68. The van der Waals surface area contributed by atoms with E-state index >= 15 is 0 Å². The number of anilines is 1. The number of nitrogens with one attached hydrogen (secondary N) is 1. The maximum atomic E-state index is 12.6. The van der Waals surface area contributed by atoms with Crippen LogP contribution in [0.2, 0.25) is 0 Å². The molecule has 0 aliphatic heterocycles. The van der Waals surface area contributed by atoms with Crippen molar-refractivity contribution < 1.29 is 22.7 Å². The van der Waals surface area contributed by atoms with E-state index in [0.717, 1.165) is 18.2 Å². The predicted octanol–water partition coefficient (Wildman–Crippen LogP) is 3.40. The van der Waals surface area contributed by atoms with E-state index in [2.05, 4.69) is 5.32 Å². The molecule has 1 N–H and O–H groups in total. The highest BCUT2D eigenvalue weighted by molar-refractivity contribution is 7.90. The number of carbonyl (C=O) groups excluding carboxylic acids is 2. The Morgan fingerprint density at radius 1 is 1.04 bits per heavy atom. The molecule has 0 heterocycles. The van der Waals surface area contributed by atoms with Crippen molar-refractivity contribution in [1.82, 2.24) is 0 Å². The van der Waals surface area contributed by atoms with Crippen molar-refractivity contribution >= 4 is 27.4 Å². The lowest BCUT2D eigenvalue weighted by molar-refractivity contribution is -0.150. The van der Waals surface area contributed by atoms with Crippen LogP contribution in [0.15, 0.2) is 59.5 Å². The number of ether oxygens (including phenoxy) is 1. The average Bonchev–Trinajstić information content (AvgIpc) is 2.67. The summed E-state index contributed by atoms with van der Waals surface area (Å²) in [4.78, 5) is 24.9. The standard InChI is InChI=1S/C21H25NO5S/c1-4-15(2)20(16-10-6-5-7-11-16)21(24)27-14-19(23)22-17-12-8-9-13-18(17)28(3,25)26/h5-13,15,20H,4,14H2,1-3H3,(H,22,23)/t15-,20+/m1/s1. The Kier molecular flexibility index (Phi) is 7.34. The van der Waals surface area contributed by atoms with Crippen molar-refractivity contribution in [3.05, 3.63) is 60.2 Å². The lowest BCUT2D eigenvalue weighted by Crippen LogP contribution is -2.27. The molecule has 0 aliphatic carbocycles. The highest BCUT2D eigenvalue weighted by Gasteiger charge is 2.28. The summed E-state index contributed by atoms with van der Waals surface area (Å²) in [6.45, 7) is 3.46. The van der Waals surface area contributed by atoms with Crippen LogP contribution in [-0.2, 0) is 24.2 Å². The predicted molar refractivity (Wildman–Crippen MR) is 108 cm³/mol. The normalized spacial score (nSPS) is 13.4. The van der Waals surface area contributed by atoms with Crippen LogP contribution in [0, 0.1) is 5.92 Å². The number of para-hydroxylation sites is 1. The molecule has 2 rings (SSSR count). The number of esters is 1. The van der Waals surface area contributed by atoms with Crippen LogP contribution in [0.4, 0.5) is 5.69 Å². The molecule has 0 bridgehead atoms. The Balaban J connectivity index is 2.07. The number of hydrogen-bond donors (Lipinski definition) is 1. The third-order valence-electron chi connectivity index (χ3n) is 4.53. The van der Waals surface area contributed by atoms with Gasteiger partial charge in [0, 0.05) is 6.26 Å². The van der Waals surface area contributed by atoms with Crippen LogP contribution in [0.5, 0.6) is 0 Å². The summed E-state index contributed by atoms with van der Waals surface area (Å²) in [7, 11) is -3.50. The zero-order chi connectivity index (χ0) is 20.7. The van der Waals surface area contributed by atoms with E-state index < -0.39 is 34.2 Å². The molecule has 2 aromatic carbocycles. The van der Waals surface area contributed by atoms with Gasteiger partial charge in [0.1, 0.15) is 0 Å². The van der Waals surface area contributed by atoms with Gasteiger partial charge in [-0.15, -0.1) is 0 Å². The summed E-state index contributed by atoms with van der Waals surface area (Å²) in [6, 6.07) is 15.4. The van der Waals surface area contributed by atoms with Crippen molar-refractivity contribution in [2.45, 2.75) is 31.1 Å². The number of benzene rings is 2. The molecule has 7 heteroatoms. The topological polar surface area (TPSA) is 89.5 Å². The van der Waals surface area contributed by atoms with Crippen LogP contribution in [0.1, 0.15) is 31.7 Å². The lowest BCUT2D eigenvalue weighted by atomic mass is 9.86. The zero-order valence-electron chi connectivity index (χ0n) is 16.2. The van der Waals surface area contributed by atoms with Crippen LogP contribution in [0.25, 0.3) is 0 Å². The fourth-order valence-electron chi connectivity index (χ4n) is 2.90. The van der Waals surface area contributed by atoms with Gasteiger partial charge in [0.05, 0.1) is 16.5 Å². The minimum Gasteiger partial charge on any atom is -0.455 e. The molecule has 2 atom stereocenters. The first kappa shape index (κ1) is 21.6. The molecule has 1 amide bonds. The highest BCUT2D eigenvalue weighted by Crippen LogP contribution is 2.28. The van der Waals surface area contributed by atoms with Crippen molar-refractivity contribution in [3.63, 3.8) is 0 Å². The Morgan fingerprint density at radius 3 is 2.25 bits per heavy atom. The van der Waals surface area contributed by atoms with Gasteiger partial charge in [0.15, 0.2) is 16.4 Å². The SMILES string of the molecule is CC[C@@H](C)[C@H](C(=O)OCC(=O)Nc1ccccc1S(C)(=O)=O)c1ccccc1. The molecule has 28 heavy (non-hydrogen) atoms. The first-order valence-corrected chi connectivity index (χ1v) is 10.9. The van der Waals surface area contributed by atoms with E-state index in [1.807, 2.05) is 44.2 Å². The molecule has 0 saturated carbocycles. The molecule has 0 spiro atoms. The molecule has 0 aliphatic rings. The van der Waals surface area contributed by atoms with Gasteiger partial charge in [-0.3, -0.25) is 9.59 Å². The molecule has 2 aromatic rings. The van der Waals surface area contributed by atoms with E-state index in [1.165, 1.54) is 12.1 Å². The molecule has 6 nitrogen and oxygen atoms in total. The summed E-state index contributed by atoms with van der Waals surface area (Å²) in [5.41, 5.74) is 0.997. The molecule has 150 valence electrons. The number of carbonyl (C=O) groups is 2. The molecule has 0 saturated heterocycles. The summed E-state index contributed by atoms with van der Waals surface area (Å²) >= 11 is 0. The summed E-state index contributed by atoms with van der Waals surface area (Å²) in [5, 5.41) is 2.50. The second kappa shape index (κ2) is 9.50. The van der Waals surface area contributed by atoms with Crippen molar-refractivity contribution in [3.8, 4) is 0 Å². The van der Waals surface area contributed by atoms with E-state index in [9.17, 15) is 18.0 Å². The largest absolute Gasteiger partial charge is 0.455 e. The Bertz CT molecular complexity index is 925. The maximum absolute atomic E-state index is 12.6. The third kappa shape index (κ3) is 5.66. The van der Waals surface area contributed by atoms with Gasteiger partial charge in [-0.1, -0.05) is 62.7 Å². The average molecular weight is 404 g/mol. The van der Waals surface area contributed by atoms with Crippen LogP contribution < -0.4 is 5.32 Å². The summed E-state index contributed by atoms with van der Waals surface area (Å²) in [6.07, 6.45) is 1.84. The van der Waals surface area contributed by atoms with E-state index in [-0.39, 0.29) is 16.5 Å². The van der Waals surface area contributed by atoms with Gasteiger partial charge < -0.3 is 10.1 Å². The first-order valence-electron chi connectivity index (χ1n) is 9.04. The van der Waals surface area contributed by atoms with Crippen LogP contribution in [-0.4, -0.2) is 33.2 Å². The first-order chi connectivity index (χ1) is 13.2. The smallest absolute Gasteiger partial charge is 0.314 e. The third-order valence-corrected chi connectivity index (χ3v) is 5.69. The summed E-state index contributed by atoms with van der Waals surface area (Å²) in [5.74, 6) is -1.50. The van der Waals surface area contributed by atoms with E-state index in [1.54, 1.807) is 12.1 Å². The van der Waals surface area contributed by atoms with Crippen LogP contribution >= 0.6 is 0 Å². The van der Waals surface area contributed by atoms with E-state index in [0.29, 0.717) is 0 Å². The molecule has 0 fully saturated rings. The molecular weight excluding hydrogens is 378 g/mol. The fourth-order valence-corrected chi connectivity index (χ4v) is 3.74. The van der Waals surface area contributed by atoms with Crippen LogP contribution in [0.3, 0.4) is 0 Å². The quantitative estimate of drug-likeness (QED) is 0.682. The monoisotopic (exact) mass is 403 g/mol. The Morgan fingerprint density at radius 2 is 1.64 bits per heavy atom. The van der Waals surface area contributed by atoms with Crippen molar-refractivity contribution in [2.24, 2.45) is 5.92 Å². The Hall–Kier alpha value is -2.67. The summed E-state index contributed by atoms with van der Waals surface area (Å²) < 4.78 is 28.9. The maximum Gasteiger partial charge on any atom is 0.314 e. The zero-order valence-corrected chi connectivity index (χ0v) is 17.0. The van der Waals surface area contributed by atoms with Gasteiger partial charge >= 0.3 is 5.97 Å². The second-order valence-electron chi connectivity index (χ2n) is 6.70. The Labute approximate surface area is 165 Å². The number of amides is 1. The fraction of sp³-hybridized carbons (Fsp3) is 0.333. The molecular formula is C21H25NO5S. The van der Waals surface area contributed by atoms with Gasteiger partial charge in [-0.25, -0.2) is 8.42 Å². The number of hydrogen-bond acceptors (Lipinski definition) is 5. The van der Waals surface area contributed by atoms with Crippen molar-refractivity contribution in [2.75, 3.05) is 18.2 Å². The molecule has 0 unspecified atom stereocenters. The lowest BCUT2D eigenvalue weighted by Gasteiger charge is -2.21. The van der Waals surface area contributed by atoms with Gasteiger partial charge in [0.2, 0.25) is 0 Å². The highest BCUT2D eigenvalue weighted by atomic mass is 32.2. The molecule has 0 aromatic heterocycles. The number of sulfone groups is 1. The van der Waals surface area contributed by atoms with Gasteiger partial charge in [-0.05, 0) is 23.6 Å². The minimum atomic E-state index is -3.50. The molecule has 0 radical (unpaired) electrons. The number of rotatable bonds is 8. The van der Waals surface area contributed by atoms with Gasteiger partial charge in [-0.2, -0.15) is 0 Å². The van der Waals surface area contributed by atoms with Gasteiger partial charge in [0.25, 0.3) is 5.91 Å².